The molecule has 2 aromatic carbocycles. The molecule has 1 amide bonds. The smallest absolute Gasteiger partial charge is 0.268 e. The molecule has 22 heavy (non-hydrogen) atoms. The van der Waals surface area contributed by atoms with Gasteiger partial charge in [0.05, 0.1) is 9.82 Å². The average molecular weight is 320 g/mol. The molecule has 2 aromatic rings. The first kappa shape index (κ1) is 15.6. The van der Waals surface area contributed by atoms with Crippen LogP contribution in [0.4, 0.5) is 5.69 Å². The third-order valence-electron chi connectivity index (χ3n) is 2.94. The first-order valence-corrected chi connectivity index (χ1v) is 7.67. The van der Waals surface area contributed by atoms with Crippen LogP contribution in [0.5, 0.6) is 0 Å². The molecular weight excluding hydrogens is 308 g/mol. The number of amides is 1. The van der Waals surface area contributed by atoms with Crippen molar-refractivity contribution >= 4 is 21.6 Å². The number of carbonyl (C=O) groups excluding carboxylic acids is 1. The second-order valence-electron chi connectivity index (χ2n) is 4.51. The molecule has 0 saturated carbocycles. The highest BCUT2D eigenvalue weighted by Gasteiger charge is 2.23. The minimum Gasteiger partial charge on any atom is -0.268 e. The highest BCUT2D eigenvalue weighted by atomic mass is 32.2. The van der Waals surface area contributed by atoms with E-state index in [1.54, 1.807) is 18.2 Å². The summed E-state index contributed by atoms with van der Waals surface area (Å²) in [6.45, 7) is 1.49. The molecule has 0 aromatic heterocycles. The number of rotatable bonds is 4. The summed E-state index contributed by atoms with van der Waals surface area (Å²) >= 11 is 0. The van der Waals surface area contributed by atoms with Crippen molar-refractivity contribution in [3.63, 3.8) is 0 Å². The van der Waals surface area contributed by atoms with E-state index in [2.05, 4.69) is 0 Å². The lowest BCUT2D eigenvalue weighted by molar-refractivity contribution is -0.385. The van der Waals surface area contributed by atoms with Gasteiger partial charge in [0, 0.05) is 17.7 Å². The largest absolute Gasteiger partial charge is 0.270 e. The Hall–Kier alpha value is -2.74. The minimum atomic E-state index is -4.20. The maximum atomic E-state index is 12.3. The Balaban J connectivity index is 2.37. The summed E-state index contributed by atoms with van der Waals surface area (Å²) in [5.41, 5.74) is 0.117. The molecule has 2 rings (SSSR count). The molecule has 0 aliphatic heterocycles. The predicted octanol–water partition coefficient (Wildman–Crippen LogP) is 2.02. The number of nitro benzene ring substituents is 1. The molecule has 0 aliphatic carbocycles. The highest BCUT2D eigenvalue weighted by Crippen LogP contribution is 2.21. The number of nitro groups is 1. The Bertz CT molecular complexity index is 832. The van der Waals surface area contributed by atoms with Gasteiger partial charge in [0.15, 0.2) is 0 Å². The standard InChI is InChI=1S/C14H12N2O5S/c1-10-7-8-12(16(18)19)9-13(10)22(20,21)15-14(17)11-5-3-2-4-6-11/h2-9H,1H3,(H,15,17). The Kier molecular flexibility index (Phi) is 4.22. The second kappa shape index (κ2) is 5.94. The molecule has 1 N–H and O–H groups in total. The van der Waals surface area contributed by atoms with E-state index in [0.29, 0.717) is 5.56 Å². The number of nitrogens with zero attached hydrogens (tertiary/aromatic N) is 1. The summed E-state index contributed by atoms with van der Waals surface area (Å²) in [6.07, 6.45) is 0. The molecule has 114 valence electrons. The van der Waals surface area contributed by atoms with E-state index >= 15 is 0 Å². The van der Waals surface area contributed by atoms with E-state index < -0.39 is 20.9 Å². The molecule has 0 heterocycles. The Labute approximate surface area is 126 Å². The second-order valence-corrected chi connectivity index (χ2v) is 6.16. The zero-order valence-corrected chi connectivity index (χ0v) is 12.3. The van der Waals surface area contributed by atoms with Crippen molar-refractivity contribution in [3.8, 4) is 0 Å². The SMILES string of the molecule is Cc1ccc([N+](=O)[O-])cc1S(=O)(=O)NC(=O)c1ccccc1. The van der Waals surface area contributed by atoms with E-state index in [-0.39, 0.29) is 16.1 Å². The normalized spacial score (nSPS) is 11.0. The van der Waals surface area contributed by atoms with Crippen LogP contribution in [-0.4, -0.2) is 19.2 Å². The maximum Gasteiger partial charge on any atom is 0.270 e. The van der Waals surface area contributed by atoms with Crippen molar-refractivity contribution in [3.05, 3.63) is 69.8 Å². The maximum absolute atomic E-state index is 12.3. The van der Waals surface area contributed by atoms with Crippen molar-refractivity contribution in [1.82, 2.24) is 4.72 Å². The Morgan fingerprint density at radius 2 is 1.77 bits per heavy atom. The number of non-ortho nitro benzene ring substituents is 1. The van der Waals surface area contributed by atoms with Crippen molar-refractivity contribution in [2.45, 2.75) is 11.8 Å². The van der Waals surface area contributed by atoms with Gasteiger partial charge in [0.2, 0.25) is 0 Å². The molecule has 0 fully saturated rings. The zero-order valence-electron chi connectivity index (χ0n) is 11.5. The van der Waals surface area contributed by atoms with E-state index in [0.717, 1.165) is 6.07 Å². The van der Waals surface area contributed by atoms with Crippen LogP contribution in [0, 0.1) is 17.0 Å². The van der Waals surface area contributed by atoms with Gasteiger partial charge in [0.25, 0.3) is 21.6 Å². The van der Waals surface area contributed by atoms with Gasteiger partial charge < -0.3 is 0 Å². The van der Waals surface area contributed by atoms with E-state index in [1.165, 1.54) is 31.2 Å². The first-order valence-electron chi connectivity index (χ1n) is 6.18. The van der Waals surface area contributed by atoms with Gasteiger partial charge in [-0.1, -0.05) is 24.3 Å². The number of sulfonamides is 1. The van der Waals surface area contributed by atoms with Gasteiger partial charge in [-0.05, 0) is 24.6 Å². The van der Waals surface area contributed by atoms with Crippen LogP contribution in [0.1, 0.15) is 15.9 Å². The number of carbonyl (C=O) groups is 1. The van der Waals surface area contributed by atoms with Gasteiger partial charge in [0.1, 0.15) is 0 Å². The van der Waals surface area contributed by atoms with Crippen LogP contribution in [0.3, 0.4) is 0 Å². The fraction of sp³-hybridized carbons (Fsp3) is 0.0714. The molecular formula is C14H12N2O5S. The predicted molar refractivity (Wildman–Crippen MR) is 78.9 cm³/mol. The number of hydrogen-bond donors (Lipinski definition) is 1. The van der Waals surface area contributed by atoms with Gasteiger partial charge in [-0.3, -0.25) is 14.9 Å². The third-order valence-corrected chi connectivity index (χ3v) is 4.41. The fourth-order valence-electron chi connectivity index (χ4n) is 1.82. The first-order chi connectivity index (χ1) is 10.3. The zero-order chi connectivity index (χ0) is 16.3. The van der Waals surface area contributed by atoms with E-state index in [1.807, 2.05) is 4.72 Å². The quantitative estimate of drug-likeness (QED) is 0.685. The molecule has 7 nitrogen and oxygen atoms in total. The Morgan fingerprint density at radius 3 is 2.36 bits per heavy atom. The Morgan fingerprint density at radius 1 is 1.14 bits per heavy atom. The molecule has 0 saturated heterocycles. The van der Waals surface area contributed by atoms with Crippen molar-refractivity contribution in [2.75, 3.05) is 0 Å². The van der Waals surface area contributed by atoms with Crippen molar-refractivity contribution in [1.29, 1.82) is 0 Å². The number of aryl methyl sites for hydroxylation is 1. The highest BCUT2D eigenvalue weighted by molar-refractivity contribution is 7.90. The van der Waals surface area contributed by atoms with Gasteiger partial charge in [-0.2, -0.15) is 0 Å². The molecule has 0 aliphatic rings. The summed E-state index contributed by atoms with van der Waals surface area (Å²) in [5, 5.41) is 10.8. The van der Waals surface area contributed by atoms with Gasteiger partial charge in [-0.25, -0.2) is 13.1 Å². The van der Waals surface area contributed by atoms with Crippen LogP contribution in [0.25, 0.3) is 0 Å². The summed E-state index contributed by atoms with van der Waals surface area (Å²) in [4.78, 5) is 21.7. The fourth-order valence-corrected chi connectivity index (χ4v) is 3.06. The molecule has 0 unspecified atom stereocenters. The molecule has 0 atom stereocenters. The molecule has 0 radical (unpaired) electrons. The van der Waals surface area contributed by atoms with Gasteiger partial charge >= 0.3 is 0 Å². The van der Waals surface area contributed by atoms with Crippen LogP contribution in [-0.2, 0) is 10.0 Å². The van der Waals surface area contributed by atoms with Crippen LogP contribution < -0.4 is 4.72 Å². The summed E-state index contributed by atoms with van der Waals surface area (Å²) < 4.78 is 26.4. The lowest BCUT2D eigenvalue weighted by Crippen LogP contribution is -2.31. The van der Waals surface area contributed by atoms with E-state index in [4.69, 9.17) is 0 Å². The minimum absolute atomic E-state index is 0.175. The molecule has 8 heteroatoms. The summed E-state index contributed by atoms with van der Waals surface area (Å²) in [7, 11) is -4.20. The van der Waals surface area contributed by atoms with Crippen LogP contribution in [0.2, 0.25) is 0 Å². The molecule has 0 bridgehead atoms. The van der Waals surface area contributed by atoms with E-state index in [9.17, 15) is 23.3 Å². The topological polar surface area (TPSA) is 106 Å². The number of benzene rings is 2. The summed E-state index contributed by atoms with van der Waals surface area (Å²) in [6, 6.07) is 11.3. The van der Waals surface area contributed by atoms with Crippen LogP contribution >= 0.6 is 0 Å². The monoisotopic (exact) mass is 320 g/mol. The average Bonchev–Trinajstić information content (AvgIpc) is 2.47. The lowest BCUT2D eigenvalue weighted by Gasteiger charge is -2.09. The van der Waals surface area contributed by atoms with Crippen LogP contribution in [0.15, 0.2) is 53.4 Å². The lowest BCUT2D eigenvalue weighted by atomic mass is 10.2. The third kappa shape index (κ3) is 3.29. The molecule has 0 spiro atoms. The van der Waals surface area contributed by atoms with Gasteiger partial charge in [-0.15, -0.1) is 0 Å². The number of nitrogens with one attached hydrogen (secondary N) is 1. The number of hydrogen-bond acceptors (Lipinski definition) is 5. The summed E-state index contributed by atoms with van der Waals surface area (Å²) in [5.74, 6) is -0.800. The van der Waals surface area contributed by atoms with Crippen molar-refractivity contribution in [2.24, 2.45) is 0 Å². The van der Waals surface area contributed by atoms with Crippen molar-refractivity contribution < 1.29 is 18.1 Å².